The Bertz CT molecular complexity index is 340. The highest BCUT2D eigenvalue weighted by Gasteiger charge is 2.18. The highest BCUT2D eigenvalue weighted by Crippen LogP contribution is 2.24. The number of rotatable bonds is 4. The summed E-state index contributed by atoms with van der Waals surface area (Å²) in [7, 11) is 0. The average Bonchev–Trinajstić information content (AvgIpc) is 2.43. The van der Waals surface area contributed by atoms with E-state index in [2.05, 4.69) is 5.10 Å². The molecule has 0 bridgehead atoms. The van der Waals surface area contributed by atoms with Crippen molar-refractivity contribution >= 4 is 28.6 Å². The second-order valence-corrected chi connectivity index (χ2v) is 3.71. The smallest absolute Gasteiger partial charge is 0.305 e. The minimum atomic E-state index is -2.63. The van der Waals surface area contributed by atoms with E-state index in [9.17, 15) is 13.6 Å². The molecule has 1 heterocycles. The predicted octanol–water partition coefficient (Wildman–Crippen LogP) is 1.90. The molecule has 1 aromatic rings. The SMILES string of the molecule is O=C(O)CCn1ncc(I)c1C(F)F. The van der Waals surface area contributed by atoms with Gasteiger partial charge in [0.25, 0.3) is 6.43 Å². The normalized spacial score (nSPS) is 10.9. The van der Waals surface area contributed by atoms with E-state index in [1.807, 2.05) is 0 Å². The van der Waals surface area contributed by atoms with Crippen LogP contribution in [0, 0.1) is 3.57 Å². The van der Waals surface area contributed by atoms with Gasteiger partial charge in [-0.1, -0.05) is 0 Å². The first kappa shape index (κ1) is 11.3. The fourth-order valence-corrected chi connectivity index (χ4v) is 1.61. The van der Waals surface area contributed by atoms with Crippen molar-refractivity contribution in [1.82, 2.24) is 9.78 Å². The summed E-state index contributed by atoms with van der Waals surface area (Å²) in [4.78, 5) is 10.2. The fraction of sp³-hybridized carbons (Fsp3) is 0.429. The van der Waals surface area contributed by atoms with Crippen LogP contribution in [0.4, 0.5) is 8.78 Å². The van der Waals surface area contributed by atoms with Gasteiger partial charge >= 0.3 is 5.97 Å². The summed E-state index contributed by atoms with van der Waals surface area (Å²) < 4.78 is 26.2. The Morgan fingerprint density at radius 1 is 1.71 bits per heavy atom. The number of hydrogen-bond donors (Lipinski definition) is 1. The first-order valence-electron chi connectivity index (χ1n) is 3.73. The van der Waals surface area contributed by atoms with E-state index < -0.39 is 12.4 Å². The molecule has 7 heteroatoms. The lowest BCUT2D eigenvalue weighted by Crippen LogP contribution is -2.09. The number of carboxylic acids is 1. The van der Waals surface area contributed by atoms with Gasteiger partial charge in [-0.15, -0.1) is 0 Å². The van der Waals surface area contributed by atoms with Crippen LogP contribution in [0.25, 0.3) is 0 Å². The average molecular weight is 316 g/mol. The predicted molar refractivity (Wildman–Crippen MR) is 52.2 cm³/mol. The number of carbonyl (C=O) groups is 1. The van der Waals surface area contributed by atoms with Crippen molar-refractivity contribution in [3.63, 3.8) is 0 Å². The molecule has 1 aromatic heterocycles. The fourth-order valence-electron chi connectivity index (χ4n) is 0.969. The van der Waals surface area contributed by atoms with E-state index in [0.29, 0.717) is 3.57 Å². The van der Waals surface area contributed by atoms with Crippen LogP contribution < -0.4 is 0 Å². The number of halogens is 3. The molecule has 0 aliphatic rings. The van der Waals surface area contributed by atoms with E-state index in [0.717, 1.165) is 4.68 Å². The van der Waals surface area contributed by atoms with Gasteiger partial charge in [-0.05, 0) is 22.6 Å². The van der Waals surface area contributed by atoms with Gasteiger partial charge in [0.15, 0.2) is 0 Å². The van der Waals surface area contributed by atoms with Crippen molar-refractivity contribution in [3.05, 3.63) is 15.5 Å². The maximum Gasteiger partial charge on any atom is 0.305 e. The number of carboxylic acid groups (broad SMARTS) is 1. The van der Waals surface area contributed by atoms with Crippen LogP contribution in [0.5, 0.6) is 0 Å². The molecule has 0 fully saturated rings. The van der Waals surface area contributed by atoms with Crippen molar-refractivity contribution in [2.24, 2.45) is 0 Å². The Balaban J connectivity index is 2.81. The zero-order chi connectivity index (χ0) is 10.7. The Morgan fingerprint density at radius 2 is 2.36 bits per heavy atom. The molecule has 0 unspecified atom stereocenters. The molecule has 14 heavy (non-hydrogen) atoms. The van der Waals surface area contributed by atoms with E-state index >= 15 is 0 Å². The van der Waals surface area contributed by atoms with Gasteiger partial charge < -0.3 is 5.11 Å². The van der Waals surface area contributed by atoms with Gasteiger partial charge in [-0.2, -0.15) is 5.10 Å². The van der Waals surface area contributed by atoms with Crippen molar-refractivity contribution in [1.29, 1.82) is 0 Å². The first-order valence-corrected chi connectivity index (χ1v) is 4.81. The summed E-state index contributed by atoms with van der Waals surface area (Å²) in [5, 5.41) is 12.1. The molecule has 0 radical (unpaired) electrons. The monoisotopic (exact) mass is 316 g/mol. The number of aromatic nitrogens is 2. The zero-order valence-electron chi connectivity index (χ0n) is 6.95. The van der Waals surface area contributed by atoms with Gasteiger partial charge in [0, 0.05) is 0 Å². The zero-order valence-corrected chi connectivity index (χ0v) is 9.11. The standard InChI is InChI=1S/C7H7F2IN2O2/c8-7(9)6-4(10)3-11-12(6)2-1-5(13)14/h3,7H,1-2H2,(H,13,14). The quantitative estimate of drug-likeness (QED) is 0.863. The second kappa shape index (κ2) is 4.67. The van der Waals surface area contributed by atoms with Crippen LogP contribution >= 0.6 is 22.6 Å². The number of aryl methyl sites for hydroxylation is 1. The van der Waals surface area contributed by atoms with Crippen molar-refractivity contribution < 1.29 is 18.7 Å². The number of hydrogen-bond acceptors (Lipinski definition) is 2. The van der Waals surface area contributed by atoms with Crippen LogP contribution in [-0.2, 0) is 11.3 Å². The maximum atomic E-state index is 12.4. The van der Waals surface area contributed by atoms with Crippen LogP contribution in [0.1, 0.15) is 18.5 Å². The Morgan fingerprint density at radius 3 is 2.86 bits per heavy atom. The Labute approximate surface area is 92.0 Å². The summed E-state index contributed by atoms with van der Waals surface area (Å²) in [5.74, 6) is -1.03. The van der Waals surface area contributed by atoms with Crippen molar-refractivity contribution in [2.45, 2.75) is 19.4 Å². The lowest BCUT2D eigenvalue weighted by Gasteiger charge is -2.04. The third-order valence-corrected chi connectivity index (χ3v) is 2.41. The molecular weight excluding hydrogens is 309 g/mol. The maximum absolute atomic E-state index is 12.4. The van der Waals surface area contributed by atoms with E-state index in [4.69, 9.17) is 5.11 Å². The molecule has 1 N–H and O–H groups in total. The molecule has 0 spiro atoms. The molecule has 1 rings (SSSR count). The topological polar surface area (TPSA) is 55.1 Å². The molecule has 0 saturated carbocycles. The lowest BCUT2D eigenvalue weighted by atomic mass is 10.4. The molecule has 0 aromatic carbocycles. The minimum absolute atomic E-state index is 0.0298. The molecule has 0 aliphatic heterocycles. The first-order chi connectivity index (χ1) is 6.52. The third kappa shape index (κ3) is 2.63. The molecule has 4 nitrogen and oxygen atoms in total. The summed E-state index contributed by atoms with van der Waals surface area (Å²) in [5.41, 5.74) is -0.216. The minimum Gasteiger partial charge on any atom is -0.481 e. The second-order valence-electron chi connectivity index (χ2n) is 2.55. The Kier molecular flexibility index (Phi) is 3.78. The van der Waals surface area contributed by atoms with Gasteiger partial charge in [-0.25, -0.2) is 8.78 Å². The molecular formula is C7H7F2IN2O2. The molecule has 0 saturated heterocycles. The molecule has 78 valence electrons. The van der Waals surface area contributed by atoms with Crippen molar-refractivity contribution in [2.75, 3.05) is 0 Å². The summed E-state index contributed by atoms with van der Waals surface area (Å²) in [6.45, 7) is -0.0298. The van der Waals surface area contributed by atoms with Crippen LogP contribution in [0.3, 0.4) is 0 Å². The number of aliphatic carboxylic acids is 1. The largest absolute Gasteiger partial charge is 0.481 e. The van der Waals surface area contributed by atoms with Gasteiger partial charge in [0.2, 0.25) is 0 Å². The third-order valence-electron chi connectivity index (χ3n) is 1.58. The van der Waals surface area contributed by atoms with Gasteiger partial charge in [0.05, 0.1) is 22.7 Å². The van der Waals surface area contributed by atoms with E-state index in [-0.39, 0.29) is 18.7 Å². The molecule has 0 amide bonds. The summed E-state index contributed by atoms with van der Waals surface area (Å²) >= 11 is 1.74. The lowest BCUT2D eigenvalue weighted by molar-refractivity contribution is -0.137. The van der Waals surface area contributed by atoms with E-state index in [1.165, 1.54) is 6.20 Å². The highest BCUT2D eigenvalue weighted by molar-refractivity contribution is 14.1. The van der Waals surface area contributed by atoms with Gasteiger partial charge in [0.1, 0.15) is 5.69 Å². The molecule has 0 aliphatic carbocycles. The molecule has 0 atom stereocenters. The van der Waals surface area contributed by atoms with Crippen LogP contribution in [-0.4, -0.2) is 20.9 Å². The van der Waals surface area contributed by atoms with Crippen LogP contribution in [0.2, 0.25) is 0 Å². The highest BCUT2D eigenvalue weighted by atomic mass is 127. The Hall–Kier alpha value is -0.730. The van der Waals surface area contributed by atoms with Crippen molar-refractivity contribution in [3.8, 4) is 0 Å². The number of nitrogens with zero attached hydrogens (tertiary/aromatic N) is 2. The summed E-state index contributed by atoms with van der Waals surface area (Å²) in [6.07, 6.45) is -1.54. The van der Waals surface area contributed by atoms with E-state index in [1.54, 1.807) is 22.6 Å². The van der Waals surface area contributed by atoms with Crippen LogP contribution in [0.15, 0.2) is 6.20 Å². The van der Waals surface area contributed by atoms with Gasteiger partial charge in [-0.3, -0.25) is 9.48 Å². The summed E-state index contributed by atoms with van der Waals surface area (Å²) in [6, 6.07) is 0. The number of alkyl halides is 2.